The minimum absolute atomic E-state index is 0.0581. The standard InChI is InChI=1S/C23H26N2O2/c26-23(15-18-16-25-21-11-4-3-9-19(18)21)24-13-6-14-27-22-12-5-8-17-7-1-2-10-20(17)22/h1-4,7,9-11,16,22,25H,5-6,8,12-15H2,(H,24,26). The van der Waals surface area contributed by atoms with Gasteiger partial charge in [-0.1, -0.05) is 42.5 Å². The van der Waals surface area contributed by atoms with Crippen molar-refractivity contribution in [1.29, 1.82) is 0 Å². The number of carbonyl (C=O) groups is 1. The molecule has 27 heavy (non-hydrogen) atoms. The van der Waals surface area contributed by atoms with Crippen LogP contribution in [0.5, 0.6) is 0 Å². The summed E-state index contributed by atoms with van der Waals surface area (Å²) < 4.78 is 6.10. The van der Waals surface area contributed by atoms with Crippen LogP contribution in [0, 0.1) is 0 Å². The van der Waals surface area contributed by atoms with Gasteiger partial charge in [-0.2, -0.15) is 0 Å². The zero-order chi connectivity index (χ0) is 18.5. The molecule has 1 unspecified atom stereocenters. The van der Waals surface area contributed by atoms with E-state index in [0.717, 1.165) is 35.7 Å². The number of aromatic nitrogens is 1. The lowest BCUT2D eigenvalue weighted by Crippen LogP contribution is -2.27. The largest absolute Gasteiger partial charge is 0.373 e. The van der Waals surface area contributed by atoms with E-state index < -0.39 is 0 Å². The molecule has 3 aromatic rings. The van der Waals surface area contributed by atoms with Crippen molar-refractivity contribution in [3.8, 4) is 0 Å². The number of ether oxygens (including phenoxy) is 1. The van der Waals surface area contributed by atoms with Crippen LogP contribution in [0.2, 0.25) is 0 Å². The molecule has 1 aliphatic rings. The fourth-order valence-corrected chi connectivity index (χ4v) is 3.92. The predicted molar refractivity (Wildman–Crippen MR) is 108 cm³/mol. The van der Waals surface area contributed by atoms with Crippen LogP contribution in [0.25, 0.3) is 10.9 Å². The quantitative estimate of drug-likeness (QED) is 0.615. The Balaban J connectivity index is 1.20. The third kappa shape index (κ3) is 4.22. The van der Waals surface area contributed by atoms with Gasteiger partial charge in [-0.3, -0.25) is 4.79 Å². The number of H-pyrrole nitrogens is 1. The van der Waals surface area contributed by atoms with Gasteiger partial charge in [0.05, 0.1) is 12.5 Å². The number of aryl methyl sites for hydroxylation is 1. The molecule has 0 fully saturated rings. The number of hydrogen-bond donors (Lipinski definition) is 2. The summed E-state index contributed by atoms with van der Waals surface area (Å²) in [4.78, 5) is 15.4. The summed E-state index contributed by atoms with van der Waals surface area (Å²) in [7, 11) is 0. The van der Waals surface area contributed by atoms with Gasteiger partial charge < -0.3 is 15.0 Å². The molecule has 4 rings (SSSR count). The Labute approximate surface area is 159 Å². The summed E-state index contributed by atoms with van der Waals surface area (Å²) in [5, 5.41) is 4.13. The molecule has 1 amide bonds. The Morgan fingerprint density at radius 1 is 1.15 bits per heavy atom. The van der Waals surface area contributed by atoms with E-state index in [2.05, 4.69) is 34.6 Å². The summed E-state index contributed by atoms with van der Waals surface area (Å²) in [5.41, 5.74) is 4.87. The molecular weight excluding hydrogens is 336 g/mol. The van der Waals surface area contributed by atoms with Crippen molar-refractivity contribution in [3.63, 3.8) is 0 Å². The lowest BCUT2D eigenvalue weighted by Gasteiger charge is -2.25. The molecule has 0 aliphatic heterocycles. The monoisotopic (exact) mass is 362 g/mol. The van der Waals surface area contributed by atoms with Crippen molar-refractivity contribution in [2.45, 2.75) is 38.2 Å². The van der Waals surface area contributed by atoms with Crippen molar-refractivity contribution in [3.05, 3.63) is 71.4 Å². The summed E-state index contributed by atoms with van der Waals surface area (Å²) in [5.74, 6) is 0.0581. The summed E-state index contributed by atoms with van der Waals surface area (Å²) in [6.45, 7) is 1.32. The first-order chi connectivity index (χ1) is 13.3. The SMILES string of the molecule is O=C(Cc1c[nH]c2ccccc12)NCCCOC1CCCc2ccccc21. The minimum Gasteiger partial charge on any atom is -0.373 e. The molecule has 1 aromatic heterocycles. The molecule has 1 heterocycles. The molecule has 4 nitrogen and oxygen atoms in total. The van der Waals surface area contributed by atoms with Gasteiger partial charge in [0.25, 0.3) is 0 Å². The van der Waals surface area contributed by atoms with Crippen LogP contribution in [-0.2, 0) is 22.4 Å². The third-order valence-corrected chi connectivity index (χ3v) is 5.30. The zero-order valence-corrected chi connectivity index (χ0v) is 15.5. The molecule has 0 saturated carbocycles. The maximum Gasteiger partial charge on any atom is 0.224 e. The number of benzene rings is 2. The average Bonchev–Trinajstić information content (AvgIpc) is 3.11. The lowest BCUT2D eigenvalue weighted by atomic mass is 9.89. The van der Waals surface area contributed by atoms with Gasteiger partial charge in [0.1, 0.15) is 0 Å². The van der Waals surface area contributed by atoms with Crippen LogP contribution in [0.4, 0.5) is 0 Å². The van der Waals surface area contributed by atoms with E-state index in [1.807, 2.05) is 30.5 Å². The Hall–Kier alpha value is -2.59. The van der Waals surface area contributed by atoms with Crippen LogP contribution in [0.3, 0.4) is 0 Å². The van der Waals surface area contributed by atoms with Gasteiger partial charge in [0, 0.05) is 30.3 Å². The van der Waals surface area contributed by atoms with Crippen molar-refractivity contribution >= 4 is 16.8 Å². The number of nitrogens with one attached hydrogen (secondary N) is 2. The molecule has 0 radical (unpaired) electrons. The highest BCUT2D eigenvalue weighted by Crippen LogP contribution is 2.32. The van der Waals surface area contributed by atoms with E-state index in [-0.39, 0.29) is 12.0 Å². The van der Waals surface area contributed by atoms with Crippen LogP contribution >= 0.6 is 0 Å². The van der Waals surface area contributed by atoms with E-state index in [4.69, 9.17) is 4.74 Å². The number of hydrogen-bond acceptors (Lipinski definition) is 2. The minimum atomic E-state index is 0.0581. The van der Waals surface area contributed by atoms with E-state index >= 15 is 0 Å². The van der Waals surface area contributed by atoms with Crippen molar-refractivity contribution < 1.29 is 9.53 Å². The Kier molecular flexibility index (Phi) is 5.54. The van der Waals surface area contributed by atoms with Gasteiger partial charge in [0.15, 0.2) is 0 Å². The van der Waals surface area contributed by atoms with Crippen molar-refractivity contribution in [1.82, 2.24) is 10.3 Å². The Morgan fingerprint density at radius 3 is 2.96 bits per heavy atom. The van der Waals surface area contributed by atoms with Crippen LogP contribution in [0.15, 0.2) is 54.7 Å². The van der Waals surface area contributed by atoms with Gasteiger partial charge in [-0.05, 0) is 48.4 Å². The molecule has 0 bridgehead atoms. The molecule has 4 heteroatoms. The summed E-state index contributed by atoms with van der Waals surface area (Å²) in [6.07, 6.45) is 6.79. The fraction of sp³-hybridized carbons (Fsp3) is 0.348. The summed E-state index contributed by atoms with van der Waals surface area (Å²) >= 11 is 0. The number of aromatic amines is 1. The van der Waals surface area contributed by atoms with Crippen molar-refractivity contribution in [2.75, 3.05) is 13.2 Å². The maximum atomic E-state index is 12.2. The lowest BCUT2D eigenvalue weighted by molar-refractivity contribution is -0.120. The highest BCUT2D eigenvalue weighted by Gasteiger charge is 2.19. The molecule has 2 aromatic carbocycles. The van der Waals surface area contributed by atoms with Crippen LogP contribution < -0.4 is 5.32 Å². The Bertz CT molecular complexity index is 915. The number of para-hydroxylation sites is 1. The van der Waals surface area contributed by atoms with Crippen LogP contribution in [0.1, 0.15) is 42.1 Å². The second-order valence-electron chi connectivity index (χ2n) is 7.19. The van der Waals surface area contributed by atoms with E-state index in [0.29, 0.717) is 19.6 Å². The van der Waals surface area contributed by atoms with E-state index in [1.165, 1.54) is 17.5 Å². The molecule has 1 atom stereocenters. The number of rotatable bonds is 7. The second-order valence-corrected chi connectivity index (χ2v) is 7.19. The first-order valence-corrected chi connectivity index (χ1v) is 9.82. The smallest absolute Gasteiger partial charge is 0.224 e. The number of fused-ring (bicyclic) bond motifs is 2. The summed E-state index contributed by atoms with van der Waals surface area (Å²) in [6, 6.07) is 16.6. The molecule has 2 N–H and O–H groups in total. The maximum absolute atomic E-state index is 12.2. The van der Waals surface area contributed by atoms with E-state index in [1.54, 1.807) is 0 Å². The second kappa shape index (κ2) is 8.40. The topological polar surface area (TPSA) is 54.1 Å². The van der Waals surface area contributed by atoms with Gasteiger partial charge >= 0.3 is 0 Å². The number of carbonyl (C=O) groups excluding carboxylic acids is 1. The molecule has 140 valence electrons. The predicted octanol–water partition coefficient (Wildman–Crippen LogP) is 4.31. The third-order valence-electron chi connectivity index (χ3n) is 5.30. The average molecular weight is 362 g/mol. The first kappa shape index (κ1) is 17.8. The zero-order valence-electron chi connectivity index (χ0n) is 15.5. The van der Waals surface area contributed by atoms with Crippen LogP contribution in [-0.4, -0.2) is 24.0 Å². The molecular formula is C23H26N2O2. The molecule has 0 saturated heterocycles. The van der Waals surface area contributed by atoms with Gasteiger partial charge in [-0.15, -0.1) is 0 Å². The Morgan fingerprint density at radius 2 is 2.00 bits per heavy atom. The normalized spacial score (nSPS) is 16.2. The first-order valence-electron chi connectivity index (χ1n) is 9.82. The van der Waals surface area contributed by atoms with E-state index in [9.17, 15) is 4.79 Å². The fourth-order valence-electron chi connectivity index (χ4n) is 3.92. The highest BCUT2D eigenvalue weighted by molar-refractivity contribution is 5.88. The molecule has 1 aliphatic carbocycles. The molecule has 0 spiro atoms. The van der Waals surface area contributed by atoms with Gasteiger partial charge in [-0.25, -0.2) is 0 Å². The van der Waals surface area contributed by atoms with Gasteiger partial charge in [0.2, 0.25) is 5.91 Å². The van der Waals surface area contributed by atoms with Crippen molar-refractivity contribution in [2.24, 2.45) is 0 Å². The highest BCUT2D eigenvalue weighted by atomic mass is 16.5. The number of amides is 1.